The molecule has 6 heteroatoms. The van der Waals surface area contributed by atoms with Crippen LogP contribution in [0, 0.1) is 0 Å². The van der Waals surface area contributed by atoms with Gasteiger partial charge in [-0.25, -0.2) is 4.79 Å². The highest BCUT2D eigenvalue weighted by Gasteiger charge is 2.14. The van der Waals surface area contributed by atoms with Gasteiger partial charge in [-0.1, -0.05) is 6.92 Å². The number of hydrogen-bond acceptors (Lipinski definition) is 4. The van der Waals surface area contributed by atoms with Gasteiger partial charge in [0.05, 0.1) is 17.7 Å². The molecule has 2 rings (SSSR count). The number of aromatic nitrogens is 1. The molecule has 0 fully saturated rings. The third-order valence-electron chi connectivity index (χ3n) is 3.29. The fraction of sp³-hybridized carbons (Fsp3) is 0.375. The second-order valence-electron chi connectivity index (χ2n) is 4.97. The second kappa shape index (κ2) is 7.09. The average Bonchev–Trinajstić information content (AvgIpc) is 2.51. The lowest BCUT2D eigenvalue weighted by Gasteiger charge is -2.15. The average molecular weight is 305 g/mol. The monoisotopic (exact) mass is 305 g/mol. The molecule has 118 valence electrons. The lowest BCUT2D eigenvalue weighted by atomic mass is 10.1. The molecule has 0 aliphatic carbocycles. The summed E-state index contributed by atoms with van der Waals surface area (Å²) in [5, 5.41) is 18.8. The van der Waals surface area contributed by atoms with Crippen molar-refractivity contribution in [2.75, 3.05) is 13.2 Å². The maximum absolute atomic E-state index is 12.1. The van der Waals surface area contributed by atoms with E-state index in [-0.39, 0.29) is 17.7 Å². The Kier molecular flexibility index (Phi) is 5.16. The van der Waals surface area contributed by atoms with Crippen molar-refractivity contribution in [1.82, 2.24) is 4.57 Å². The number of aliphatic hydroxyl groups excluding tert-OH is 1. The van der Waals surface area contributed by atoms with E-state index in [1.807, 2.05) is 6.92 Å². The Morgan fingerprint density at radius 1 is 1.32 bits per heavy atom. The van der Waals surface area contributed by atoms with Crippen molar-refractivity contribution < 1.29 is 19.7 Å². The normalized spacial score (nSPS) is 10.8. The third kappa shape index (κ3) is 3.28. The third-order valence-corrected chi connectivity index (χ3v) is 3.29. The molecule has 0 unspecified atom stereocenters. The first-order valence-electron chi connectivity index (χ1n) is 7.23. The SMILES string of the molecule is CCCOc1cc(C(=O)O)cc2ccc(=O)n(CCCO)c12. The smallest absolute Gasteiger partial charge is 0.335 e. The van der Waals surface area contributed by atoms with Crippen LogP contribution in [0.25, 0.3) is 10.9 Å². The summed E-state index contributed by atoms with van der Waals surface area (Å²) < 4.78 is 7.17. The molecule has 0 atom stereocenters. The molecular weight excluding hydrogens is 286 g/mol. The van der Waals surface area contributed by atoms with E-state index in [0.29, 0.717) is 36.2 Å². The second-order valence-corrected chi connectivity index (χ2v) is 4.97. The van der Waals surface area contributed by atoms with Gasteiger partial charge in [-0.3, -0.25) is 4.79 Å². The highest BCUT2D eigenvalue weighted by atomic mass is 16.5. The van der Waals surface area contributed by atoms with Gasteiger partial charge in [-0.2, -0.15) is 0 Å². The summed E-state index contributed by atoms with van der Waals surface area (Å²) in [6.45, 7) is 2.70. The largest absolute Gasteiger partial charge is 0.491 e. The van der Waals surface area contributed by atoms with Crippen LogP contribution in [0.3, 0.4) is 0 Å². The number of carboxylic acid groups (broad SMARTS) is 1. The number of ether oxygens (including phenoxy) is 1. The number of aryl methyl sites for hydroxylation is 1. The van der Waals surface area contributed by atoms with Crippen LogP contribution < -0.4 is 10.3 Å². The van der Waals surface area contributed by atoms with Gasteiger partial charge in [0.25, 0.3) is 5.56 Å². The van der Waals surface area contributed by atoms with Crippen molar-refractivity contribution in [3.8, 4) is 5.75 Å². The van der Waals surface area contributed by atoms with Crippen molar-refractivity contribution in [3.05, 3.63) is 40.2 Å². The predicted molar refractivity (Wildman–Crippen MR) is 82.7 cm³/mol. The lowest BCUT2D eigenvalue weighted by molar-refractivity contribution is 0.0696. The fourth-order valence-corrected chi connectivity index (χ4v) is 2.30. The van der Waals surface area contributed by atoms with Gasteiger partial charge in [-0.15, -0.1) is 0 Å². The van der Waals surface area contributed by atoms with Crippen molar-refractivity contribution in [3.63, 3.8) is 0 Å². The molecule has 1 heterocycles. The molecule has 2 aromatic rings. The van der Waals surface area contributed by atoms with Crippen molar-refractivity contribution in [2.24, 2.45) is 0 Å². The summed E-state index contributed by atoms with van der Waals surface area (Å²) in [6.07, 6.45) is 1.21. The zero-order valence-electron chi connectivity index (χ0n) is 12.4. The Bertz CT molecular complexity index is 735. The number of benzene rings is 1. The van der Waals surface area contributed by atoms with Gasteiger partial charge >= 0.3 is 5.97 Å². The maximum Gasteiger partial charge on any atom is 0.335 e. The van der Waals surface area contributed by atoms with Crippen molar-refractivity contribution in [2.45, 2.75) is 26.3 Å². The van der Waals surface area contributed by atoms with Crippen LogP contribution in [-0.4, -0.2) is 34.0 Å². The molecule has 0 spiro atoms. The van der Waals surface area contributed by atoms with E-state index in [0.717, 1.165) is 6.42 Å². The Morgan fingerprint density at radius 3 is 2.73 bits per heavy atom. The number of carbonyl (C=O) groups is 1. The number of fused-ring (bicyclic) bond motifs is 1. The van der Waals surface area contributed by atoms with E-state index in [1.54, 1.807) is 6.07 Å². The summed E-state index contributed by atoms with van der Waals surface area (Å²) in [5.74, 6) is -0.663. The number of pyridine rings is 1. The molecule has 0 radical (unpaired) electrons. The molecule has 1 aromatic carbocycles. The van der Waals surface area contributed by atoms with Crippen LogP contribution in [0.15, 0.2) is 29.1 Å². The van der Waals surface area contributed by atoms with Crippen LogP contribution in [0.1, 0.15) is 30.1 Å². The maximum atomic E-state index is 12.1. The van der Waals surface area contributed by atoms with Crippen LogP contribution in [0.5, 0.6) is 5.75 Å². The van der Waals surface area contributed by atoms with E-state index >= 15 is 0 Å². The summed E-state index contributed by atoms with van der Waals surface area (Å²) in [4.78, 5) is 23.3. The Hall–Kier alpha value is -2.34. The van der Waals surface area contributed by atoms with Crippen molar-refractivity contribution in [1.29, 1.82) is 0 Å². The Balaban J connectivity index is 2.69. The van der Waals surface area contributed by atoms with E-state index in [9.17, 15) is 14.7 Å². The molecule has 0 aliphatic heterocycles. The quantitative estimate of drug-likeness (QED) is 0.815. The molecule has 0 saturated carbocycles. The molecule has 0 aliphatic rings. The van der Waals surface area contributed by atoms with E-state index in [4.69, 9.17) is 9.84 Å². The summed E-state index contributed by atoms with van der Waals surface area (Å²) in [6, 6.07) is 5.95. The minimum atomic E-state index is -1.05. The Labute approximate surface area is 127 Å². The number of hydrogen-bond donors (Lipinski definition) is 2. The van der Waals surface area contributed by atoms with Crippen LogP contribution in [-0.2, 0) is 6.54 Å². The molecule has 22 heavy (non-hydrogen) atoms. The number of aliphatic hydroxyl groups is 1. The molecule has 6 nitrogen and oxygen atoms in total. The zero-order chi connectivity index (χ0) is 16.1. The first kappa shape index (κ1) is 16.0. The lowest BCUT2D eigenvalue weighted by Crippen LogP contribution is -2.21. The molecule has 0 bridgehead atoms. The highest BCUT2D eigenvalue weighted by Crippen LogP contribution is 2.27. The Morgan fingerprint density at radius 2 is 2.09 bits per heavy atom. The van der Waals surface area contributed by atoms with E-state index in [1.165, 1.54) is 22.8 Å². The highest BCUT2D eigenvalue weighted by molar-refractivity contribution is 5.96. The van der Waals surface area contributed by atoms with Gasteiger partial charge in [-0.05, 0) is 31.0 Å². The van der Waals surface area contributed by atoms with Crippen LogP contribution in [0.4, 0.5) is 0 Å². The van der Waals surface area contributed by atoms with Gasteiger partial charge in [0, 0.05) is 24.6 Å². The van der Waals surface area contributed by atoms with Crippen molar-refractivity contribution >= 4 is 16.9 Å². The first-order chi connectivity index (χ1) is 10.6. The molecular formula is C16H19NO5. The minimum Gasteiger partial charge on any atom is -0.491 e. The van der Waals surface area contributed by atoms with Gasteiger partial charge < -0.3 is 19.5 Å². The summed E-state index contributed by atoms with van der Waals surface area (Å²) in [7, 11) is 0. The fourth-order valence-electron chi connectivity index (χ4n) is 2.30. The van der Waals surface area contributed by atoms with Crippen LogP contribution >= 0.6 is 0 Å². The zero-order valence-corrected chi connectivity index (χ0v) is 12.4. The topological polar surface area (TPSA) is 88.8 Å². The number of aromatic carboxylic acids is 1. The van der Waals surface area contributed by atoms with Gasteiger partial charge in [0.2, 0.25) is 0 Å². The first-order valence-corrected chi connectivity index (χ1v) is 7.23. The predicted octanol–water partition coefficient (Wildman–Crippen LogP) is 1.87. The molecule has 0 saturated heterocycles. The number of carboxylic acids is 1. The standard InChI is InChI=1S/C16H19NO5/c1-2-8-22-13-10-12(16(20)21)9-11-4-5-14(19)17(15(11)13)6-3-7-18/h4-5,9-10,18H,2-3,6-8H2,1H3,(H,20,21). The summed E-state index contributed by atoms with van der Waals surface area (Å²) in [5.41, 5.74) is 0.482. The molecule has 2 N–H and O–H groups in total. The molecule has 0 amide bonds. The minimum absolute atomic E-state index is 0.0266. The summed E-state index contributed by atoms with van der Waals surface area (Å²) >= 11 is 0. The van der Waals surface area contributed by atoms with E-state index in [2.05, 4.69) is 0 Å². The number of nitrogens with zero attached hydrogens (tertiary/aromatic N) is 1. The van der Waals surface area contributed by atoms with E-state index < -0.39 is 5.97 Å². The number of rotatable bonds is 7. The van der Waals surface area contributed by atoms with Gasteiger partial charge in [0.1, 0.15) is 5.75 Å². The van der Waals surface area contributed by atoms with Gasteiger partial charge in [0.15, 0.2) is 0 Å². The van der Waals surface area contributed by atoms with Crippen LogP contribution in [0.2, 0.25) is 0 Å². The molecule has 1 aromatic heterocycles.